The van der Waals surface area contributed by atoms with Crippen molar-refractivity contribution in [3.05, 3.63) is 83.9 Å². The lowest BCUT2D eigenvalue weighted by atomic mass is 9.94. The molecule has 0 aliphatic carbocycles. The minimum Gasteiger partial charge on any atom is -0.496 e. The maximum atomic E-state index is 6.93. The van der Waals surface area contributed by atoms with E-state index < -0.39 is 6.17 Å². The molecule has 0 radical (unpaired) electrons. The van der Waals surface area contributed by atoms with Crippen LogP contribution >= 0.6 is 11.6 Å². The van der Waals surface area contributed by atoms with Gasteiger partial charge in [0.25, 0.3) is 0 Å². The smallest absolute Gasteiger partial charge is 0.176 e. The summed E-state index contributed by atoms with van der Waals surface area (Å²) in [5.74, 6) is 1.23. The SMILES string of the molecule is C=C(/C=C\C=C/CCC)c1c(-c2cccc(OC)c2C)cn2c1C(Cl)=NC(/C(=C/C)N=C(C)C(C)CC)N2.CC.CC.CC. The second-order valence-electron chi connectivity index (χ2n) is 9.60. The van der Waals surface area contributed by atoms with Crippen molar-refractivity contribution in [1.82, 2.24) is 4.68 Å². The molecule has 1 N–H and O–H groups in total. The number of fused-ring (bicyclic) bond motifs is 1. The number of nitrogens with one attached hydrogen (secondary N) is 1. The highest BCUT2D eigenvalue weighted by Crippen LogP contribution is 2.39. The number of allylic oxidation sites excluding steroid dienone is 6. The first kappa shape index (κ1) is 40.7. The summed E-state index contributed by atoms with van der Waals surface area (Å²) in [6.07, 6.45) is 15.1. The van der Waals surface area contributed by atoms with E-state index in [9.17, 15) is 0 Å². The number of methoxy groups -OCH3 is 1. The fourth-order valence-electron chi connectivity index (χ4n) is 4.42. The van der Waals surface area contributed by atoms with E-state index in [1.54, 1.807) is 7.11 Å². The zero-order valence-corrected chi connectivity index (χ0v) is 30.6. The van der Waals surface area contributed by atoms with Crippen molar-refractivity contribution in [2.75, 3.05) is 12.5 Å². The van der Waals surface area contributed by atoms with Crippen LogP contribution in [0.15, 0.2) is 77.0 Å². The molecule has 2 atom stereocenters. The highest BCUT2D eigenvalue weighted by molar-refractivity contribution is 6.70. The first-order chi connectivity index (χ1) is 21.3. The number of hydrogen-bond acceptors (Lipinski definition) is 4. The van der Waals surface area contributed by atoms with Gasteiger partial charge in [0.05, 0.1) is 12.8 Å². The first-order valence-electron chi connectivity index (χ1n) is 16.4. The molecule has 5 nitrogen and oxygen atoms in total. The summed E-state index contributed by atoms with van der Waals surface area (Å²) in [6.45, 7) is 29.1. The Morgan fingerprint density at radius 2 is 1.80 bits per heavy atom. The maximum Gasteiger partial charge on any atom is 0.176 e. The summed E-state index contributed by atoms with van der Waals surface area (Å²) < 4.78 is 7.59. The summed E-state index contributed by atoms with van der Waals surface area (Å²) in [4.78, 5) is 9.74. The molecule has 1 aliphatic heterocycles. The Bertz CT molecular complexity index is 1310. The molecule has 2 aromatic rings. The fraction of sp³-hybridized carbons (Fsp3) is 0.474. The van der Waals surface area contributed by atoms with E-state index in [2.05, 4.69) is 71.0 Å². The van der Waals surface area contributed by atoms with Crippen LogP contribution in [-0.4, -0.2) is 28.8 Å². The average Bonchev–Trinajstić information content (AvgIpc) is 3.45. The second-order valence-corrected chi connectivity index (χ2v) is 9.96. The van der Waals surface area contributed by atoms with Gasteiger partial charge < -0.3 is 4.74 Å². The van der Waals surface area contributed by atoms with Gasteiger partial charge in [-0.25, -0.2) is 4.99 Å². The Morgan fingerprint density at radius 3 is 2.36 bits per heavy atom. The Morgan fingerprint density at radius 1 is 1.14 bits per heavy atom. The number of aliphatic imine (C=N–C) groups is 2. The summed E-state index contributed by atoms with van der Waals surface area (Å²) in [5, 5.41) is 0.419. The summed E-state index contributed by atoms with van der Waals surface area (Å²) in [7, 11) is 1.69. The molecule has 0 bridgehead atoms. The summed E-state index contributed by atoms with van der Waals surface area (Å²) >= 11 is 6.93. The Hall–Kier alpha value is -3.31. The van der Waals surface area contributed by atoms with Gasteiger partial charge in [-0.2, -0.15) is 0 Å². The van der Waals surface area contributed by atoms with E-state index in [0.29, 0.717) is 11.1 Å². The van der Waals surface area contributed by atoms with Gasteiger partial charge in [0, 0.05) is 23.0 Å². The number of benzene rings is 1. The number of halogens is 1. The van der Waals surface area contributed by atoms with Crippen LogP contribution < -0.4 is 10.2 Å². The van der Waals surface area contributed by atoms with E-state index in [1.165, 1.54) is 0 Å². The average molecular weight is 623 g/mol. The van der Waals surface area contributed by atoms with E-state index in [-0.39, 0.29) is 0 Å². The molecule has 0 saturated carbocycles. The lowest BCUT2D eigenvalue weighted by Crippen LogP contribution is -2.34. The molecule has 6 heteroatoms. The molecule has 0 fully saturated rings. The van der Waals surface area contributed by atoms with Crippen molar-refractivity contribution < 1.29 is 4.74 Å². The maximum absolute atomic E-state index is 6.93. The molecule has 1 aromatic heterocycles. The normalized spacial score (nSPS) is 15.0. The molecule has 0 spiro atoms. The van der Waals surface area contributed by atoms with Gasteiger partial charge in [-0.1, -0.05) is 129 Å². The molecular formula is C38H59ClN4O. The van der Waals surface area contributed by atoms with E-state index in [4.69, 9.17) is 26.3 Å². The highest BCUT2D eigenvalue weighted by Gasteiger charge is 2.29. The van der Waals surface area contributed by atoms with Crippen LogP contribution in [0.5, 0.6) is 5.75 Å². The topological polar surface area (TPSA) is 50.9 Å². The molecule has 1 aliphatic rings. The largest absolute Gasteiger partial charge is 0.496 e. The number of nitrogens with zero attached hydrogens (tertiary/aromatic N) is 3. The first-order valence-corrected chi connectivity index (χ1v) is 16.8. The molecule has 0 saturated heterocycles. The second kappa shape index (κ2) is 22.2. The number of unbranched alkanes of at least 4 members (excludes halogenated alkanes) is 1. The molecule has 44 heavy (non-hydrogen) atoms. The van der Waals surface area contributed by atoms with Crippen LogP contribution in [0.4, 0.5) is 0 Å². The van der Waals surface area contributed by atoms with Crippen molar-refractivity contribution in [3.63, 3.8) is 0 Å². The molecule has 0 amide bonds. The Balaban J connectivity index is 0.00000290. The summed E-state index contributed by atoms with van der Waals surface area (Å²) in [5.41, 5.74) is 11.1. The molecule has 2 unspecified atom stereocenters. The van der Waals surface area contributed by atoms with Crippen LogP contribution in [0.3, 0.4) is 0 Å². The van der Waals surface area contributed by atoms with Gasteiger partial charge in [0.15, 0.2) is 11.3 Å². The molecular weight excluding hydrogens is 564 g/mol. The Labute approximate surface area is 274 Å². The zero-order chi connectivity index (χ0) is 33.8. The fourth-order valence-corrected chi connectivity index (χ4v) is 4.71. The van der Waals surface area contributed by atoms with Crippen molar-refractivity contribution in [1.29, 1.82) is 0 Å². The third-order valence-electron chi connectivity index (χ3n) is 7.03. The van der Waals surface area contributed by atoms with Crippen molar-refractivity contribution in [3.8, 4) is 16.9 Å². The minimum atomic E-state index is -0.403. The van der Waals surface area contributed by atoms with E-state index in [1.807, 2.05) is 83.5 Å². The lowest BCUT2D eigenvalue weighted by Gasteiger charge is -2.25. The lowest BCUT2D eigenvalue weighted by molar-refractivity contribution is 0.412. The highest BCUT2D eigenvalue weighted by atomic mass is 35.5. The standard InChI is InChI=1S/C32H41ClN4O.3C2H6/c1-9-12-13-14-15-17-22(5)29-26(25-18-16-19-28(38-8)23(25)6)20-37-30(29)31(33)35-32(36-37)27(11-3)34-24(7)21(4)10-2;3*1-2/h11,13-21,32,36H,5,9-10,12H2,1-4,6-8H3;3*1-2H3/b14-13-,17-15-,27-11-,34-24?;;;. The number of hydrogen-bond donors (Lipinski definition) is 1. The molecule has 3 rings (SSSR count). The van der Waals surface area contributed by atoms with Crippen LogP contribution in [0, 0.1) is 12.8 Å². The van der Waals surface area contributed by atoms with Crippen molar-refractivity contribution in [2.24, 2.45) is 15.9 Å². The molecule has 244 valence electrons. The van der Waals surface area contributed by atoms with Crippen LogP contribution in [-0.2, 0) is 0 Å². The van der Waals surface area contributed by atoms with Crippen LogP contribution in [0.25, 0.3) is 16.7 Å². The van der Waals surface area contributed by atoms with Gasteiger partial charge >= 0.3 is 0 Å². The number of aromatic nitrogens is 1. The quantitative estimate of drug-likeness (QED) is 0.200. The van der Waals surface area contributed by atoms with Gasteiger partial charge in [-0.3, -0.25) is 15.1 Å². The van der Waals surface area contributed by atoms with Gasteiger partial charge in [-0.15, -0.1) is 0 Å². The third-order valence-corrected chi connectivity index (χ3v) is 7.30. The predicted octanol–water partition coefficient (Wildman–Crippen LogP) is 11.8. The monoisotopic (exact) mass is 622 g/mol. The summed E-state index contributed by atoms with van der Waals surface area (Å²) in [6, 6.07) is 6.07. The molecule has 2 heterocycles. The van der Waals surface area contributed by atoms with Crippen LogP contribution in [0.2, 0.25) is 0 Å². The third kappa shape index (κ3) is 10.7. The van der Waals surface area contributed by atoms with Gasteiger partial charge in [0.2, 0.25) is 0 Å². The molecule has 1 aromatic carbocycles. The predicted molar refractivity (Wildman–Crippen MR) is 199 cm³/mol. The number of ether oxygens (including phenoxy) is 1. The van der Waals surface area contributed by atoms with Crippen molar-refractivity contribution >= 4 is 28.1 Å². The zero-order valence-electron chi connectivity index (χ0n) is 29.8. The number of rotatable bonds is 11. The van der Waals surface area contributed by atoms with Crippen LogP contribution in [0.1, 0.15) is 112 Å². The minimum absolute atomic E-state index is 0.394. The Kier molecular flexibility index (Phi) is 20.6. The van der Waals surface area contributed by atoms with Gasteiger partial charge in [0.1, 0.15) is 11.4 Å². The van der Waals surface area contributed by atoms with E-state index >= 15 is 0 Å². The van der Waals surface area contributed by atoms with Crippen molar-refractivity contribution in [2.45, 2.75) is 109 Å². The van der Waals surface area contributed by atoms with E-state index in [0.717, 1.165) is 69.9 Å². The van der Waals surface area contributed by atoms with Gasteiger partial charge in [-0.05, 0) is 62.3 Å².